The van der Waals surface area contributed by atoms with Crippen LogP contribution in [0.3, 0.4) is 0 Å². The van der Waals surface area contributed by atoms with Crippen molar-refractivity contribution < 1.29 is 14.3 Å². The van der Waals surface area contributed by atoms with Crippen molar-refractivity contribution in [1.82, 2.24) is 24.8 Å². The molecule has 2 aromatic heterocycles. The molecule has 0 saturated carbocycles. The van der Waals surface area contributed by atoms with Gasteiger partial charge in [0.2, 0.25) is 11.8 Å². The van der Waals surface area contributed by atoms with Gasteiger partial charge in [0.05, 0.1) is 29.1 Å². The smallest absolute Gasteiger partial charge is 0.330 e. The molecule has 1 saturated heterocycles. The number of ether oxygens (including phenoxy) is 1. The number of carbonyl (C=O) groups is 2. The number of nitriles is 1. The number of nitrogens with zero attached hydrogens (tertiary/aromatic N) is 4. The zero-order valence-electron chi connectivity index (χ0n) is 26.0. The third-order valence-corrected chi connectivity index (χ3v) is 9.14. The quantitative estimate of drug-likeness (QED) is 0.261. The minimum absolute atomic E-state index is 0.0264. The molecule has 240 valence electrons. The first-order valence-electron chi connectivity index (χ1n) is 15.1. The Morgan fingerprint density at radius 1 is 1.11 bits per heavy atom. The number of anilines is 1. The Morgan fingerprint density at radius 3 is 2.57 bits per heavy atom. The van der Waals surface area contributed by atoms with Crippen LogP contribution in [-0.4, -0.2) is 45.6 Å². The van der Waals surface area contributed by atoms with Gasteiger partial charge in [-0.15, -0.1) is 0 Å². The van der Waals surface area contributed by atoms with Crippen LogP contribution in [0.4, 0.5) is 5.69 Å². The zero-order valence-corrected chi connectivity index (χ0v) is 26.8. The van der Waals surface area contributed by atoms with E-state index in [9.17, 15) is 24.4 Å². The molecule has 4 aromatic rings. The van der Waals surface area contributed by atoms with E-state index in [2.05, 4.69) is 22.0 Å². The fourth-order valence-corrected chi connectivity index (χ4v) is 6.59. The fourth-order valence-electron chi connectivity index (χ4n) is 6.32. The molecule has 12 nitrogen and oxygen atoms in total. The summed E-state index contributed by atoms with van der Waals surface area (Å²) in [6.45, 7) is 0.656. The molecule has 1 aliphatic carbocycles. The van der Waals surface area contributed by atoms with Gasteiger partial charge in [-0.25, -0.2) is 9.78 Å². The second-order valence-electron chi connectivity index (χ2n) is 11.7. The van der Waals surface area contributed by atoms with Crippen LogP contribution in [0.2, 0.25) is 5.02 Å². The Bertz CT molecular complexity index is 2100. The van der Waals surface area contributed by atoms with E-state index in [1.54, 1.807) is 31.4 Å². The molecule has 1 fully saturated rings. The number of carbonyl (C=O) groups excluding carboxylic acids is 2. The van der Waals surface area contributed by atoms with Crippen LogP contribution in [0.1, 0.15) is 52.4 Å². The second kappa shape index (κ2) is 12.9. The fraction of sp³-hybridized carbons (Fsp3) is 0.294. The van der Waals surface area contributed by atoms with Crippen molar-refractivity contribution in [3.63, 3.8) is 0 Å². The van der Waals surface area contributed by atoms with Gasteiger partial charge in [0.15, 0.2) is 0 Å². The molecular formula is C34H32ClN7O5. The molecule has 2 aromatic carbocycles. The number of aromatic nitrogens is 3. The lowest BCUT2D eigenvalue weighted by Gasteiger charge is -2.20. The van der Waals surface area contributed by atoms with Crippen molar-refractivity contribution in [3.8, 4) is 34.3 Å². The SMILES string of the molecule is COc1nc(-c2cccc(-c3cccc(NC(=O)c4cn(C)c(=O)n(C)c4=O)c3Cl)c2C#N)cc2c1[C@@H](NC[C@@H]1CCC(=O)N1)CC2. The Kier molecular flexibility index (Phi) is 8.68. The highest BCUT2D eigenvalue weighted by Gasteiger charge is 2.30. The van der Waals surface area contributed by atoms with Crippen molar-refractivity contribution in [3.05, 3.63) is 96.8 Å². The lowest BCUT2D eigenvalue weighted by atomic mass is 9.93. The maximum absolute atomic E-state index is 13.1. The number of pyridine rings is 1. The Balaban J connectivity index is 1.32. The number of aryl methyl sites for hydroxylation is 2. The van der Waals surface area contributed by atoms with Crippen molar-refractivity contribution in [2.24, 2.45) is 14.1 Å². The summed E-state index contributed by atoms with van der Waals surface area (Å²) < 4.78 is 7.76. The van der Waals surface area contributed by atoms with Crippen LogP contribution in [0.15, 0.2) is 58.3 Å². The number of benzene rings is 2. The van der Waals surface area contributed by atoms with Gasteiger partial charge in [-0.2, -0.15) is 5.26 Å². The number of methoxy groups -OCH3 is 1. The average molecular weight is 654 g/mol. The number of nitrogens with one attached hydrogen (secondary N) is 3. The molecule has 3 heterocycles. The molecule has 6 rings (SSSR count). The minimum Gasteiger partial charge on any atom is -0.481 e. The lowest BCUT2D eigenvalue weighted by Crippen LogP contribution is -2.40. The Labute approximate surface area is 275 Å². The maximum atomic E-state index is 13.1. The van der Waals surface area contributed by atoms with Gasteiger partial charge in [0.25, 0.3) is 11.5 Å². The first-order chi connectivity index (χ1) is 22.6. The minimum atomic E-state index is -0.737. The first kappa shape index (κ1) is 31.7. The molecule has 13 heteroatoms. The summed E-state index contributed by atoms with van der Waals surface area (Å²) in [4.78, 5) is 54.3. The van der Waals surface area contributed by atoms with E-state index in [-0.39, 0.29) is 34.3 Å². The van der Waals surface area contributed by atoms with Gasteiger partial charge >= 0.3 is 5.69 Å². The number of hydrogen-bond donors (Lipinski definition) is 3. The van der Waals surface area contributed by atoms with Gasteiger partial charge < -0.3 is 25.3 Å². The number of amides is 2. The first-order valence-corrected chi connectivity index (χ1v) is 15.5. The maximum Gasteiger partial charge on any atom is 0.330 e. The third kappa shape index (κ3) is 5.91. The van der Waals surface area contributed by atoms with Crippen LogP contribution in [0.5, 0.6) is 5.88 Å². The van der Waals surface area contributed by atoms with Crippen molar-refractivity contribution >= 4 is 29.1 Å². The van der Waals surface area contributed by atoms with Crippen LogP contribution < -0.4 is 31.9 Å². The molecule has 0 radical (unpaired) electrons. The summed E-state index contributed by atoms with van der Waals surface area (Å²) in [6, 6.07) is 14.8. The number of rotatable bonds is 8. The number of halogens is 1. The summed E-state index contributed by atoms with van der Waals surface area (Å²) in [7, 11) is 4.32. The number of fused-ring (bicyclic) bond motifs is 1. The van der Waals surface area contributed by atoms with E-state index >= 15 is 0 Å². The van der Waals surface area contributed by atoms with Crippen molar-refractivity contribution in [1.29, 1.82) is 5.26 Å². The molecule has 1 aliphatic heterocycles. The topological polar surface area (TPSA) is 160 Å². The second-order valence-corrected chi connectivity index (χ2v) is 12.0. The highest BCUT2D eigenvalue weighted by atomic mass is 35.5. The van der Waals surface area contributed by atoms with Crippen molar-refractivity contribution in [2.45, 2.75) is 37.8 Å². The molecule has 47 heavy (non-hydrogen) atoms. The van der Waals surface area contributed by atoms with E-state index < -0.39 is 17.2 Å². The molecule has 0 unspecified atom stereocenters. The van der Waals surface area contributed by atoms with Crippen LogP contribution in [-0.2, 0) is 25.3 Å². The van der Waals surface area contributed by atoms with E-state index in [1.165, 1.54) is 20.3 Å². The van der Waals surface area contributed by atoms with Gasteiger partial charge in [-0.3, -0.25) is 19.0 Å². The Hall–Kier alpha value is -5.25. The van der Waals surface area contributed by atoms with E-state index in [0.717, 1.165) is 39.5 Å². The summed E-state index contributed by atoms with van der Waals surface area (Å²) in [5.74, 6) is -0.177. The monoisotopic (exact) mass is 653 g/mol. The average Bonchev–Trinajstić information content (AvgIpc) is 3.69. The molecule has 2 amide bonds. The van der Waals surface area contributed by atoms with E-state index in [1.807, 2.05) is 18.2 Å². The van der Waals surface area contributed by atoms with Gasteiger partial charge in [0.1, 0.15) is 11.6 Å². The zero-order chi connectivity index (χ0) is 33.4. The molecule has 2 aliphatic rings. The third-order valence-electron chi connectivity index (χ3n) is 8.73. The normalized spacial score (nSPS) is 16.8. The highest BCUT2D eigenvalue weighted by molar-refractivity contribution is 6.36. The highest BCUT2D eigenvalue weighted by Crippen LogP contribution is 2.42. The van der Waals surface area contributed by atoms with Gasteiger partial charge in [0, 0.05) is 67.6 Å². The van der Waals surface area contributed by atoms with Crippen LogP contribution >= 0.6 is 11.6 Å². The largest absolute Gasteiger partial charge is 0.481 e. The molecule has 0 bridgehead atoms. The summed E-state index contributed by atoms with van der Waals surface area (Å²) in [5, 5.41) is 19.8. The molecule has 0 spiro atoms. The lowest BCUT2D eigenvalue weighted by molar-refractivity contribution is -0.119. The summed E-state index contributed by atoms with van der Waals surface area (Å²) in [5.41, 5.74) is 3.29. The van der Waals surface area contributed by atoms with Gasteiger partial charge in [-0.1, -0.05) is 41.9 Å². The van der Waals surface area contributed by atoms with Gasteiger partial charge in [-0.05, 0) is 37.0 Å². The van der Waals surface area contributed by atoms with E-state index in [0.29, 0.717) is 46.8 Å². The predicted octanol–water partition coefficient (Wildman–Crippen LogP) is 3.45. The predicted molar refractivity (Wildman–Crippen MR) is 176 cm³/mol. The Morgan fingerprint density at radius 2 is 1.85 bits per heavy atom. The van der Waals surface area contributed by atoms with Crippen LogP contribution in [0.25, 0.3) is 22.4 Å². The molecular weight excluding hydrogens is 622 g/mol. The summed E-state index contributed by atoms with van der Waals surface area (Å²) in [6.07, 6.45) is 4.18. The van der Waals surface area contributed by atoms with Crippen LogP contribution in [0, 0.1) is 11.3 Å². The summed E-state index contributed by atoms with van der Waals surface area (Å²) >= 11 is 6.83. The molecule has 3 N–H and O–H groups in total. The van der Waals surface area contributed by atoms with Crippen molar-refractivity contribution in [2.75, 3.05) is 19.0 Å². The van der Waals surface area contributed by atoms with E-state index in [4.69, 9.17) is 21.3 Å². The standard InChI is InChI=1S/C34H32ClN7O5/c1-41-17-24(33(45)42(2)34(41)46)31(44)39-26-9-5-8-22(30(26)35)20-6-4-7-21(23(20)15-36)27-14-18-10-12-25(29(18)32(40-27)47-3)37-16-19-11-13-28(43)38-19/h4-9,14,17,19,25,37H,10-13,16H2,1-3H3,(H,38,43)(H,39,44)/t19-,25-/m0/s1. The molecule has 2 atom stereocenters. The number of hydrogen-bond acceptors (Lipinski definition) is 8.